The first-order chi connectivity index (χ1) is 9.93. The van der Waals surface area contributed by atoms with Gasteiger partial charge >= 0.3 is 11.9 Å². The van der Waals surface area contributed by atoms with Crippen LogP contribution in [-0.2, 0) is 4.74 Å². The molecular formula is C14H11ClN2O4. The zero-order valence-electron chi connectivity index (χ0n) is 11.0. The van der Waals surface area contributed by atoms with Crippen molar-refractivity contribution in [3.05, 3.63) is 46.6 Å². The smallest absolute Gasteiger partial charge is 0.337 e. The number of anilines is 1. The predicted octanol–water partition coefficient (Wildman–Crippen LogP) is 2.47. The number of carboxylic acids is 1. The molecule has 3 N–H and O–H groups in total. The first-order valence-electron chi connectivity index (χ1n) is 5.81. The van der Waals surface area contributed by atoms with E-state index in [0.717, 1.165) is 0 Å². The number of nitrogens with zero attached hydrogens (tertiary/aromatic N) is 1. The molecule has 0 aliphatic carbocycles. The van der Waals surface area contributed by atoms with Crippen molar-refractivity contribution in [3.8, 4) is 11.1 Å². The summed E-state index contributed by atoms with van der Waals surface area (Å²) in [5.41, 5.74) is 6.34. The Morgan fingerprint density at radius 1 is 1.29 bits per heavy atom. The lowest BCUT2D eigenvalue weighted by Gasteiger charge is -2.10. The van der Waals surface area contributed by atoms with Crippen LogP contribution in [0.25, 0.3) is 11.1 Å². The van der Waals surface area contributed by atoms with Crippen molar-refractivity contribution in [2.75, 3.05) is 12.8 Å². The minimum Gasteiger partial charge on any atom is -0.478 e. The average molecular weight is 307 g/mol. The summed E-state index contributed by atoms with van der Waals surface area (Å²) in [5, 5.41) is 9.54. The van der Waals surface area contributed by atoms with E-state index in [-0.39, 0.29) is 27.5 Å². The molecule has 0 aliphatic rings. The quantitative estimate of drug-likeness (QED) is 0.844. The number of hydrogen-bond acceptors (Lipinski definition) is 5. The van der Waals surface area contributed by atoms with Crippen LogP contribution in [-0.4, -0.2) is 29.1 Å². The maximum absolute atomic E-state index is 11.6. The van der Waals surface area contributed by atoms with E-state index in [2.05, 4.69) is 9.72 Å². The van der Waals surface area contributed by atoms with E-state index >= 15 is 0 Å². The number of esters is 1. The highest BCUT2D eigenvalue weighted by molar-refractivity contribution is 6.33. The predicted molar refractivity (Wildman–Crippen MR) is 77.4 cm³/mol. The number of carboxylic acid groups (broad SMARTS) is 1. The molecule has 21 heavy (non-hydrogen) atoms. The lowest BCUT2D eigenvalue weighted by molar-refractivity contribution is 0.0600. The summed E-state index contributed by atoms with van der Waals surface area (Å²) >= 11 is 6.09. The summed E-state index contributed by atoms with van der Waals surface area (Å²) in [6.07, 6.45) is 1.31. The third kappa shape index (κ3) is 2.95. The molecule has 0 aliphatic heterocycles. The summed E-state index contributed by atoms with van der Waals surface area (Å²) in [7, 11) is 1.25. The first kappa shape index (κ1) is 14.8. The molecule has 2 rings (SSSR count). The molecule has 1 heterocycles. The van der Waals surface area contributed by atoms with Crippen molar-refractivity contribution in [2.24, 2.45) is 0 Å². The Kier molecular flexibility index (Phi) is 4.09. The molecule has 0 unspecified atom stereocenters. The fourth-order valence-corrected chi connectivity index (χ4v) is 2.06. The number of ether oxygens (including phenoxy) is 1. The summed E-state index contributed by atoms with van der Waals surface area (Å²) in [6, 6.07) is 5.67. The van der Waals surface area contributed by atoms with E-state index in [1.54, 1.807) is 0 Å². The number of carbonyl (C=O) groups excluding carboxylic acids is 1. The molecule has 0 saturated carbocycles. The second-order valence-electron chi connectivity index (χ2n) is 4.15. The van der Waals surface area contributed by atoms with Gasteiger partial charge in [-0.2, -0.15) is 0 Å². The molecule has 0 atom stereocenters. The van der Waals surface area contributed by atoms with Crippen LogP contribution < -0.4 is 5.73 Å². The third-order valence-corrected chi connectivity index (χ3v) is 3.16. The topological polar surface area (TPSA) is 103 Å². The molecule has 1 aromatic heterocycles. The van der Waals surface area contributed by atoms with Crippen LogP contribution in [0, 0.1) is 0 Å². The van der Waals surface area contributed by atoms with Crippen molar-refractivity contribution in [2.45, 2.75) is 0 Å². The average Bonchev–Trinajstić information content (AvgIpc) is 2.47. The molecule has 108 valence electrons. The van der Waals surface area contributed by atoms with Crippen LogP contribution in [0.5, 0.6) is 0 Å². The minimum absolute atomic E-state index is 0.0496. The normalized spacial score (nSPS) is 10.2. The van der Waals surface area contributed by atoms with E-state index in [4.69, 9.17) is 17.3 Å². The molecular weight excluding hydrogens is 296 g/mol. The fourth-order valence-electron chi connectivity index (χ4n) is 1.84. The molecule has 1 aromatic carbocycles. The van der Waals surface area contributed by atoms with Crippen LogP contribution in [0.4, 0.5) is 5.82 Å². The van der Waals surface area contributed by atoms with Crippen molar-refractivity contribution in [1.29, 1.82) is 0 Å². The number of halogens is 1. The number of nitrogen functional groups attached to an aromatic ring is 1. The number of carbonyl (C=O) groups is 2. The Balaban J connectivity index is 2.66. The molecule has 0 saturated heterocycles. The van der Waals surface area contributed by atoms with Crippen molar-refractivity contribution >= 4 is 29.4 Å². The number of benzene rings is 1. The molecule has 0 amide bonds. The summed E-state index contributed by atoms with van der Waals surface area (Å²) in [4.78, 5) is 26.8. The van der Waals surface area contributed by atoms with Gasteiger partial charge in [-0.25, -0.2) is 14.6 Å². The number of hydrogen-bond donors (Lipinski definition) is 2. The van der Waals surface area contributed by atoms with E-state index in [0.29, 0.717) is 5.56 Å². The summed E-state index contributed by atoms with van der Waals surface area (Å²) in [6.45, 7) is 0. The number of aromatic nitrogens is 1. The monoisotopic (exact) mass is 306 g/mol. The zero-order chi connectivity index (χ0) is 15.6. The lowest BCUT2D eigenvalue weighted by Crippen LogP contribution is -2.05. The van der Waals surface area contributed by atoms with Gasteiger partial charge < -0.3 is 15.6 Å². The van der Waals surface area contributed by atoms with E-state index < -0.39 is 11.9 Å². The van der Waals surface area contributed by atoms with Gasteiger partial charge in [0.1, 0.15) is 5.82 Å². The van der Waals surface area contributed by atoms with E-state index in [9.17, 15) is 14.7 Å². The zero-order valence-corrected chi connectivity index (χ0v) is 11.7. The van der Waals surface area contributed by atoms with Crippen molar-refractivity contribution < 1.29 is 19.4 Å². The van der Waals surface area contributed by atoms with E-state index in [1.165, 1.54) is 37.6 Å². The number of nitrogens with two attached hydrogens (primary N) is 1. The highest BCUT2D eigenvalue weighted by Crippen LogP contribution is 2.32. The van der Waals surface area contributed by atoms with Crippen LogP contribution in [0.2, 0.25) is 5.02 Å². The SMILES string of the molecule is COC(=O)c1ccc(Cl)c(-c2cnc(N)cc2C(=O)O)c1. The van der Waals surface area contributed by atoms with Crippen LogP contribution in [0.1, 0.15) is 20.7 Å². The van der Waals surface area contributed by atoms with Gasteiger partial charge in [0.2, 0.25) is 0 Å². The number of rotatable bonds is 3. The van der Waals surface area contributed by atoms with E-state index in [1.807, 2.05) is 0 Å². The second kappa shape index (κ2) is 5.80. The maximum atomic E-state index is 11.6. The van der Waals surface area contributed by atoms with Gasteiger partial charge in [-0.3, -0.25) is 0 Å². The van der Waals surface area contributed by atoms with Gasteiger partial charge in [0.05, 0.1) is 18.2 Å². The number of pyridine rings is 1. The fraction of sp³-hybridized carbons (Fsp3) is 0.0714. The standard InChI is InChI=1S/C14H11ClN2O4/c1-21-14(20)7-2-3-11(15)8(4-7)10-6-17-12(16)5-9(10)13(18)19/h2-6H,1H3,(H2,16,17)(H,18,19). The molecule has 0 bridgehead atoms. The molecule has 6 nitrogen and oxygen atoms in total. The Labute approximate surface area is 125 Å². The van der Waals surface area contributed by atoms with Gasteiger partial charge in [0, 0.05) is 22.3 Å². The molecule has 0 radical (unpaired) electrons. The number of methoxy groups -OCH3 is 1. The van der Waals surface area contributed by atoms with Gasteiger partial charge in [0.15, 0.2) is 0 Å². The molecule has 0 fully saturated rings. The van der Waals surface area contributed by atoms with Crippen molar-refractivity contribution in [1.82, 2.24) is 4.98 Å². The Bertz CT molecular complexity index is 731. The Hall–Kier alpha value is -2.60. The van der Waals surface area contributed by atoms with Gasteiger partial charge in [0.25, 0.3) is 0 Å². The first-order valence-corrected chi connectivity index (χ1v) is 6.19. The highest BCUT2D eigenvalue weighted by Gasteiger charge is 2.17. The summed E-state index contributed by atoms with van der Waals surface area (Å²) in [5.74, 6) is -1.64. The largest absolute Gasteiger partial charge is 0.478 e. The lowest BCUT2D eigenvalue weighted by atomic mass is 10.00. The van der Waals surface area contributed by atoms with Gasteiger partial charge in [-0.15, -0.1) is 0 Å². The van der Waals surface area contributed by atoms with Crippen LogP contribution in [0.15, 0.2) is 30.5 Å². The van der Waals surface area contributed by atoms with Gasteiger partial charge in [-0.1, -0.05) is 11.6 Å². The molecule has 7 heteroatoms. The van der Waals surface area contributed by atoms with Crippen LogP contribution in [0.3, 0.4) is 0 Å². The highest BCUT2D eigenvalue weighted by atomic mass is 35.5. The third-order valence-electron chi connectivity index (χ3n) is 2.83. The maximum Gasteiger partial charge on any atom is 0.337 e. The second-order valence-corrected chi connectivity index (χ2v) is 4.55. The molecule has 2 aromatic rings. The summed E-state index contributed by atoms with van der Waals surface area (Å²) < 4.78 is 4.63. The molecule has 0 spiro atoms. The van der Waals surface area contributed by atoms with Crippen LogP contribution >= 0.6 is 11.6 Å². The minimum atomic E-state index is -1.17. The van der Waals surface area contributed by atoms with Crippen molar-refractivity contribution in [3.63, 3.8) is 0 Å². The Morgan fingerprint density at radius 3 is 2.62 bits per heavy atom. The number of aromatic carboxylic acids is 1. The Morgan fingerprint density at radius 2 is 2.00 bits per heavy atom. The van der Waals surface area contributed by atoms with Gasteiger partial charge in [-0.05, 0) is 24.3 Å².